The van der Waals surface area contributed by atoms with Gasteiger partial charge in [0.1, 0.15) is 23.2 Å². The summed E-state index contributed by atoms with van der Waals surface area (Å²) in [4.78, 5) is 0. The molecular weight excluding hydrogens is 331 g/mol. The Morgan fingerprint density at radius 1 is 1.29 bits per heavy atom. The SMILES string of the molecule is COc1ccc(F)cc1Nc1c(C#N)cnn1-c1cccc(Cl)c1. The summed E-state index contributed by atoms with van der Waals surface area (Å²) in [5.41, 5.74) is 1.36. The molecule has 0 aliphatic carbocycles. The van der Waals surface area contributed by atoms with E-state index in [-0.39, 0.29) is 0 Å². The van der Waals surface area contributed by atoms with Gasteiger partial charge in [0, 0.05) is 11.1 Å². The Morgan fingerprint density at radius 2 is 2.12 bits per heavy atom. The number of hydrogen-bond donors (Lipinski definition) is 1. The van der Waals surface area contributed by atoms with E-state index in [0.29, 0.717) is 33.5 Å². The summed E-state index contributed by atoms with van der Waals surface area (Å²) in [5.74, 6) is 0.411. The van der Waals surface area contributed by atoms with E-state index in [1.165, 1.54) is 36.2 Å². The van der Waals surface area contributed by atoms with Gasteiger partial charge in [0.05, 0.1) is 24.7 Å². The third-order valence-electron chi connectivity index (χ3n) is 3.36. The summed E-state index contributed by atoms with van der Waals surface area (Å²) in [6.45, 7) is 0. The molecule has 24 heavy (non-hydrogen) atoms. The smallest absolute Gasteiger partial charge is 0.152 e. The Bertz CT molecular complexity index is 933. The molecule has 0 aliphatic heterocycles. The number of nitriles is 1. The zero-order chi connectivity index (χ0) is 17.1. The van der Waals surface area contributed by atoms with Gasteiger partial charge in [-0.05, 0) is 30.3 Å². The van der Waals surface area contributed by atoms with Gasteiger partial charge in [-0.25, -0.2) is 9.07 Å². The van der Waals surface area contributed by atoms with E-state index in [1.807, 2.05) is 0 Å². The molecular formula is C17H12ClFN4O. The van der Waals surface area contributed by atoms with Crippen molar-refractivity contribution in [1.82, 2.24) is 9.78 Å². The number of hydrogen-bond acceptors (Lipinski definition) is 4. The highest BCUT2D eigenvalue weighted by atomic mass is 35.5. The highest BCUT2D eigenvalue weighted by molar-refractivity contribution is 6.30. The lowest BCUT2D eigenvalue weighted by Crippen LogP contribution is -2.04. The fraction of sp³-hybridized carbons (Fsp3) is 0.0588. The van der Waals surface area contributed by atoms with Crippen molar-refractivity contribution >= 4 is 23.1 Å². The minimum Gasteiger partial charge on any atom is -0.495 e. The standard InChI is InChI=1S/C17H12ClFN4O/c1-24-16-6-5-13(19)8-15(16)22-17-11(9-20)10-21-23(17)14-4-2-3-12(18)7-14/h2-8,10,22H,1H3. The van der Waals surface area contributed by atoms with E-state index >= 15 is 0 Å². The van der Waals surface area contributed by atoms with E-state index in [4.69, 9.17) is 16.3 Å². The first kappa shape index (κ1) is 15.8. The fourth-order valence-corrected chi connectivity index (χ4v) is 2.44. The number of halogens is 2. The molecule has 0 unspecified atom stereocenters. The second-order valence-corrected chi connectivity index (χ2v) is 5.32. The molecule has 0 amide bonds. The van der Waals surface area contributed by atoms with E-state index in [0.717, 1.165) is 0 Å². The summed E-state index contributed by atoms with van der Waals surface area (Å²) in [6.07, 6.45) is 1.43. The molecule has 0 radical (unpaired) electrons. The first-order valence-electron chi connectivity index (χ1n) is 6.97. The number of nitrogens with zero attached hydrogens (tertiary/aromatic N) is 3. The first-order valence-corrected chi connectivity index (χ1v) is 7.35. The predicted molar refractivity (Wildman–Crippen MR) is 89.5 cm³/mol. The lowest BCUT2D eigenvalue weighted by molar-refractivity contribution is 0.415. The van der Waals surface area contributed by atoms with Crippen molar-refractivity contribution in [2.75, 3.05) is 12.4 Å². The molecule has 5 nitrogen and oxygen atoms in total. The zero-order valence-electron chi connectivity index (χ0n) is 12.6. The summed E-state index contributed by atoms with van der Waals surface area (Å²) >= 11 is 6.02. The van der Waals surface area contributed by atoms with Crippen LogP contribution in [0.15, 0.2) is 48.7 Å². The summed E-state index contributed by atoms with van der Waals surface area (Å²) in [6, 6.07) is 13.2. The van der Waals surface area contributed by atoms with Gasteiger partial charge in [-0.3, -0.25) is 0 Å². The Labute approximate surface area is 142 Å². The molecule has 7 heteroatoms. The van der Waals surface area contributed by atoms with Crippen molar-refractivity contribution in [1.29, 1.82) is 5.26 Å². The van der Waals surface area contributed by atoms with Crippen LogP contribution in [0, 0.1) is 17.1 Å². The van der Waals surface area contributed by atoms with E-state index < -0.39 is 5.82 Å². The Hall–Kier alpha value is -3.04. The normalized spacial score (nSPS) is 10.2. The van der Waals surface area contributed by atoms with Crippen LogP contribution in [0.25, 0.3) is 5.69 Å². The molecule has 0 bridgehead atoms. The van der Waals surface area contributed by atoms with E-state index in [9.17, 15) is 9.65 Å². The lowest BCUT2D eigenvalue weighted by Gasteiger charge is -2.13. The van der Waals surface area contributed by atoms with Crippen molar-refractivity contribution in [2.45, 2.75) is 0 Å². The van der Waals surface area contributed by atoms with Crippen molar-refractivity contribution in [2.24, 2.45) is 0 Å². The predicted octanol–water partition coefficient (Wildman–Crippen LogP) is 4.29. The molecule has 0 aliphatic rings. The Kier molecular flexibility index (Phi) is 4.36. The number of methoxy groups -OCH3 is 1. The van der Waals surface area contributed by atoms with Crippen LogP contribution in [-0.2, 0) is 0 Å². The molecule has 0 saturated heterocycles. The van der Waals surface area contributed by atoms with Gasteiger partial charge in [0.15, 0.2) is 5.82 Å². The molecule has 0 atom stereocenters. The van der Waals surface area contributed by atoms with Crippen LogP contribution >= 0.6 is 11.6 Å². The third-order valence-corrected chi connectivity index (χ3v) is 3.59. The number of anilines is 2. The molecule has 1 N–H and O–H groups in total. The number of ether oxygens (including phenoxy) is 1. The van der Waals surface area contributed by atoms with Crippen molar-refractivity contribution < 1.29 is 9.13 Å². The minimum absolute atomic E-state index is 0.307. The monoisotopic (exact) mass is 342 g/mol. The summed E-state index contributed by atoms with van der Waals surface area (Å²) in [5, 5.41) is 17.1. The number of aromatic nitrogens is 2. The van der Waals surface area contributed by atoms with Crippen LogP contribution in [0.1, 0.15) is 5.56 Å². The maximum absolute atomic E-state index is 13.6. The van der Waals surface area contributed by atoms with E-state index in [1.54, 1.807) is 24.3 Å². The van der Waals surface area contributed by atoms with Crippen molar-refractivity contribution in [3.05, 3.63) is 65.1 Å². The van der Waals surface area contributed by atoms with Gasteiger partial charge < -0.3 is 10.1 Å². The molecule has 1 heterocycles. The van der Waals surface area contributed by atoms with Gasteiger partial charge in [0.25, 0.3) is 0 Å². The number of benzene rings is 2. The average Bonchev–Trinajstić information content (AvgIpc) is 2.98. The van der Waals surface area contributed by atoms with Gasteiger partial charge in [-0.2, -0.15) is 10.4 Å². The fourth-order valence-electron chi connectivity index (χ4n) is 2.26. The summed E-state index contributed by atoms with van der Waals surface area (Å²) in [7, 11) is 1.48. The van der Waals surface area contributed by atoms with Gasteiger partial charge in [-0.1, -0.05) is 17.7 Å². The Balaban J connectivity index is 2.10. The maximum atomic E-state index is 13.6. The molecule has 0 saturated carbocycles. The average molecular weight is 343 g/mol. The topological polar surface area (TPSA) is 62.9 Å². The number of rotatable bonds is 4. The highest BCUT2D eigenvalue weighted by Gasteiger charge is 2.15. The lowest BCUT2D eigenvalue weighted by atomic mass is 10.2. The second-order valence-electron chi connectivity index (χ2n) is 4.88. The van der Waals surface area contributed by atoms with Crippen molar-refractivity contribution in [3.8, 4) is 17.5 Å². The first-order chi connectivity index (χ1) is 11.6. The zero-order valence-corrected chi connectivity index (χ0v) is 13.4. The second kappa shape index (κ2) is 6.60. The van der Waals surface area contributed by atoms with Crippen LogP contribution in [0.3, 0.4) is 0 Å². The Morgan fingerprint density at radius 3 is 2.83 bits per heavy atom. The largest absolute Gasteiger partial charge is 0.495 e. The van der Waals surface area contributed by atoms with Gasteiger partial charge in [0.2, 0.25) is 0 Å². The van der Waals surface area contributed by atoms with Crippen LogP contribution in [0.2, 0.25) is 5.02 Å². The molecule has 3 aromatic rings. The van der Waals surface area contributed by atoms with Gasteiger partial charge >= 0.3 is 0 Å². The maximum Gasteiger partial charge on any atom is 0.152 e. The van der Waals surface area contributed by atoms with Gasteiger partial charge in [-0.15, -0.1) is 0 Å². The van der Waals surface area contributed by atoms with E-state index in [2.05, 4.69) is 16.5 Å². The quantitative estimate of drug-likeness (QED) is 0.768. The summed E-state index contributed by atoms with van der Waals surface area (Å²) < 4.78 is 20.3. The van der Waals surface area contributed by atoms with Crippen LogP contribution < -0.4 is 10.1 Å². The molecule has 0 fully saturated rings. The van der Waals surface area contributed by atoms with Crippen LogP contribution in [0.4, 0.5) is 15.9 Å². The third kappa shape index (κ3) is 3.03. The molecule has 1 aromatic heterocycles. The highest BCUT2D eigenvalue weighted by Crippen LogP contribution is 2.31. The molecule has 3 rings (SSSR count). The van der Waals surface area contributed by atoms with Crippen LogP contribution in [-0.4, -0.2) is 16.9 Å². The van der Waals surface area contributed by atoms with Crippen molar-refractivity contribution in [3.63, 3.8) is 0 Å². The molecule has 120 valence electrons. The molecule has 0 spiro atoms. The van der Waals surface area contributed by atoms with Crippen LogP contribution in [0.5, 0.6) is 5.75 Å². The molecule has 2 aromatic carbocycles. The number of nitrogens with one attached hydrogen (secondary N) is 1. The minimum atomic E-state index is -0.425.